The van der Waals surface area contributed by atoms with Gasteiger partial charge in [-0.25, -0.2) is 0 Å². The van der Waals surface area contributed by atoms with Gasteiger partial charge in [-0.05, 0) is 62.8 Å². The highest BCUT2D eigenvalue weighted by atomic mass is 16.5. The Balaban J connectivity index is 1.93. The third kappa shape index (κ3) is 3.66. The minimum atomic E-state index is -0.137. The molecule has 1 aliphatic rings. The summed E-state index contributed by atoms with van der Waals surface area (Å²) in [6.07, 6.45) is 4.04. The van der Waals surface area contributed by atoms with E-state index in [-0.39, 0.29) is 17.7 Å². The Bertz CT molecular complexity index is 453. The lowest BCUT2D eigenvalue weighted by atomic mass is 9.83. The van der Waals surface area contributed by atoms with Gasteiger partial charge in [0.25, 0.3) is 0 Å². The second kappa shape index (κ2) is 6.00. The van der Waals surface area contributed by atoms with Crippen LogP contribution in [0.25, 0.3) is 0 Å². The maximum Gasteiger partial charge on any atom is 0.314 e. The maximum absolute atomic E-state index is 12.0. The molecule has 1 fully saturated rings. The summed E-state index contributed by atoms with van der Waals surface area (Å²) in [4.78, 5) is 23.2. The van der Waals surface area contributed by atoms with Crippen LogP contribution >= 0.6 is 0 Å². The van der Waals surface area contributed by atoms with Crippen molar-refractivity contribution in [1.29, 1.82) is 0 Å². The highest BCUT2D eigenvalue weighted by molar-refractivity contribution is 5.94. The summed E-state index contributed by atoms with van der Waals surface area (Å²) in [6, 6.07) is 6.74. The number of esters is 1. The van der Waals surface area contributed by atoms with Crippen LogP contribution in [0.4, 0.5) is 0 Å². The first kappa shape index (κ1) is 13.8. The molecule has 0 aromatic heterocycles. The molecule has 0 atom stereocenters. The van der Waals surface area contributed by atoms with Crippen molar-refractivity contribution in [3.8, 4) is 5.75 Å². The van der Waals surface area contributed by atoms with Gasteiger partial charge in [-0.2, -0.15) is 0 Å². The molecule has 3 heteroatoms. The molecule has 0 radical (unpaired) electrons. The van der Waals surface area contributed by atoms with Crippen LogP contribution in [0.2, 0.25) is 0 Å². The van der Waals surface area contributed by atoms with Crippen molar-refractivity contribution in [1.82, 2.24) is 0 Å². The second-order valence-corrected chi connectivity index (χ2v) is 5.46. The van der Waals surface area contributed by atoms with Gasteiger partial charge in [-0.15, -0.1) is 0 Å². The van der Waals surface area contributed by atoms with Crippen LogP contribution in [-0.4, -0.2) is 11.8 Å². The van der Waals surface area contributed by atoms with Gasteiger partial charge in [-0.3, -0.25) is 9.59 Å². The number of benzene rings is 1. The van der Waals surface area contributed by atoms with Crippen molar-refractivity contribution in [2.45, 2.75) is 39.5 Å². The minimum Gasteiger partial charge on any atom is -0.426 e. The van der Waals surface area contributed by atoms with Crippen molar-refractivity contribution < 1.29 is 14.3 Å². The van der Waals surface area contributed by atoms with Crippen LogP contribution in [0.1, 0.15) is 49.9 Å². The van der Waals surface area contributed by atoms with Gasteiger partial charge >= 0.3 is 5.97 Å². The molecule has 19 heavy (non-hydrogen) atoms. The summed E-state index contributed by atoms with van der Waals surface area (Å²) in [6.45, 7) is 3.74. The molecular formula is C16H20O3. The van der Waals surface area contributed by atoms with Gasteiger partial charge in [0.1, 0.15) is 5.75 Å². The molecule has 0 bridgehead atoms. The van der Waals surface area contributed by atoms with Crippen LogP contribution < -0.4 is 4.74 Å². The third-order valence-electron chi connectivity index (χ3n) is 3.83. The molecule has 0 aliphatic heterocycles. The molecule has 3 nitrogen and oxygen atoms in total. The zero-order valence-corrected chi connectivity index (χ0v) is 11.5. The normalized spacial score (nSPS) is 22.8. The molecule has 0 amide bonds. The number of Topliss-reactive ketones (excluding diaryl/α,β-unsaturated/α-hetero) is 1. The van der Waals surface area contributed by atoms with E-state index in [4.69, 9.17) is 4.74 Å². The van der Waals surface area contributed by atoms with E-state index in [9.17, 15) is 9.59 Å². The second-order valence-electron chi connectivity index (χ2n) is 5.46. The maximum atomic E-state index is 12.0. The Morgan fingerprint density at radius 3 is 2.16 bits per heavy atom. The first-order valence-corrected chi connectivity index (χ1v) is 6.89. The highest BCUT2D eigenvalue weighted by Gasteiger charge is 2.25. The molecule has 2 rings (SSSR count). The summed E-state index contributed by atoms with van der Waals surface area (Å²) in [5.74, 6) is 1.15. The van der Waals surface area contributed by atoms with E-state index in [1.54, 1.807) is 24.3 Å². The third-order valence-corrected chi connectivity index (χ3v) is 3.83. The van der Waals surface area contributed by atoms with Crippen LogP contribution in [-0.2, 0) is 4.79 Å². The van der Waals surface area contributed by atoms with Crippen molar-refractivity contribution in [3.63, 3.8) is 0 Å². The average Bonchev–Trinajstić information content (AvgIpc) is 2.40. The summed E-state index contributed by atoms with van der Waals surface area (Å²) in [7, 11) is 0. The Morgan fingerprint density at radius 1 is 1.05 bits per heavy atom. The molecular weight excluding hydrogens is 240 g/mol. The first-order chi connectivity index (χ1) is 9.06. The van der Waals surface area contributed by atoms with Gasteiger partial charge in [0.05, 0.1) is 5.92 Å². The van der Waals surface area contributed by atoms with E-state index >= 15 is 0 Å². The number of carbonyl (C=O) groups is 2. The standard InChI is InChI=1S/C16H20O3/c1-11-3-5-14(6-4-11)16(18)19-15-9-7-13(8-10-15)12(2)17/h7-11,14H,3-6H2,1-2H3. The van der Waals surface area contributed by atoms with Crippen LogP contribution in [0, 0.1) is 11.8 Å². The molecule has 0 heterocycles. The van der Waals surface area contributed by atoms with E-state index < -0.39 is 0 Å². The lowest BCUT2D eigenvalue weighted by Crippen LogP contribution is -2.24. The fourth-order valence-electron chi connectivity index (χ4n) is 2.45. The number of rotatable bonds is 3. The van der Waals surface area contributed by atoms with E-state index in [1.807, 2.05) is 0 Å². The van der Waals surface area contributed by atoms with Crippen molar-refractivity contribution in [2.75, 3.05) is 0 Å². The number of ether oxygens (including phenoxy) is 1. The van der Waals surface area contributed by atoms with Crippen LogP contribution in [0.3, 0.4) is 0 Å². The summed E-state index contributed by atoms with van der Waals surface area (Å²) in [5, 5.41) is 0. The van der Waals surface area contributed by atoms with Gasteiger partial charge < -0.3 is 4.74 Å². The number of hydrogen-bond acceptors (Lipinski definition) is 3. The monoisotopic (exact) mass is 260 g/mol. The Hall–Kier alpha value is -1.64. The molecule has 0 unspecified atom stereocenters. The lowest BCUT2D eigenvalue weighted by molar-refractivity contribution is -0.140. The van der Waals surface area contributed by atoms with Crippen LogP contribution in [0.5, 0.6) is 5.75 Å². The zero-order chi connectivity index (χ0) is 13.8. The number of ketones is 1. The van der Waals surface area contributed by atoms with Crippen molar-refractivity contribution >= 4 is 11.8 Å². The highest BCUT2D eigenvalue weighted by Crippen LogP contribution is 2.29. The van der Waals surface area contributed by atoms with Gasteiger partial charge in [0.15, 0.2) is 5.78 Å². The minimum absolute atomic E-state index is 0.0131. The molecule has 1 aliphatic carbocycles. The fourth-order valence-corrected chi connectivity index (χ4v) is 2.45. The van der Waals surface area contributed by atoms with E-state index in [0.717, 1.165) is 31.6 Å². The number of carbonyl (C=O) groups excluding carboxylic acids is 2. The number of hydrogen-bond donors (Lipinski definition) is 0. The summed E-state index contributed by atoms with van der Waals surface area (Å²) < 4.78 is 5.37. The van der Waals surface area contributed by atoms with Crippen molar-refractivity contribution in [2.24, 2.45) is 11.8 Å². The smallest absolute Gasteiger partial charge is 0.314 e. The van der Waals surface area contributed by atoms with Gasteiger partial charge in [0, 0.05) is 5.56 Å². The molecule has 0 saturated heterocycles. The fraction of sp³-hybridized carbons (Fsp3) is 0.500. The zero-order valence-electron chi connectivity index (χ0n) is 11.5. The molecule has 0 spiro atoms. The predicted molar refractivity (Wildman–Crippen MR) is 73.2 cm³/mol. The van der Waals surface area contributed by atoms with Crippen molar-refractivity contribution in [3.05, 3.63) is 29.8 Å². The topological polar surface area (TPSA) is 43.4 Å². The SMILES string of the molecule is CC(=O)c1ccc(OC(=O)C2CCC(C)CC2)cc1. The Labute approximate surface area is 114 Å². The summed E-state index contributed by atoms with van der Waals surface area (Å²) in [5.41, 5.74) is 0.631. The molecule has 102 valence electrons. The van der Waals surface area contributed by atoms with E-state index in [0.29, 0.717) is 11.3 Å². The molecule has 0 N–H and O–H groups in total. The average molecular weight is 260 g/mol. The Morgan fingerprint density at radius 2 is 1.63 bits per heavy atom. The van der Waals surface area contributed by atoms with Crippen LogP contribution in [0.15, 0.2) is 24.3 Å². The molecule has 1 aromatic rings. The first-order valence-electron chi connectivity index (χ1n) is 6.89. The quantitative estimate of drug-likeness (QED) is 0.473. The lowest BCUT2D eigenvalue weighted by Gasteiger charge is -2.24. The molecule has 1 saturated carbocycles. The summed E-state index contributed by atoms with van der Waals surface area (Å²) >= 11 is 0. The van der Waals surface area contributed by atoms with Gasteiger partial charge in [0.2, 0.25) is 0 Å². The van der Waals surface area contributed by atoms with E-state index in [1.165, 1.54) is 6.92 Å². The van der Waals surface area contributed by atoms with E-state index in [2.05, 4.69) is 6.92 Å². The predicted octanol–water partition coefficient (Wildman–Crippen LogP) is 3.62. The van der Waals surface area contributed by atoms with Gasteiger partial charge in [-0.1, -0.05) is 6.92 Å². The molecule has 1 aromatic carbocycles. The largest absolute Gasteiger partial charge is 0.426 e. The Kier molecular flexibility index (Phi) is 4.35.